The van der Waals surface area contributed by atoms with E-state index in [9.17, 15) is 14.7 Å². The van der Waals surface area contributed by atoms with E-state index in [0.717, 1.165) is 0 Å². The highest BCUT2D eigenvalue weighted by molar-refractivity contribution is 6.28. The van der Waals surface area contributed by atoms with Gasteiger partial charge in [0.1, 0.15) is 17.8 Å². The number of esters is 1. The van der Waals surface area contributed by atoms with Gasteiger partial charge < -0.3 is 25.1 Å². The Balaban J connectivity index is 1.71. The van der Waals surface area contributed by atoms with Crippen molar-refractivity contribution in [2.24, 2.45) is 0 Å². The molecule has 3 heterocycles. The van der Waals surface area contributed by atoms with Gasteiger partial charge in [0.2, 0.25) is 11.4 Å². The van der Waals surface area contributed by atoms with Crippen molar-refractivity contribution in [2.45, 2.75) is 44.8 Å². The molecule has 2 aromatic heterocycles. The second-order valence-electron chi connectivity index (χ2n) is 6.21. The van der Waals surface area contributed by atoms with Gasteiger partial charge in [0.05, 0.1) is 25.6 Å². The number of rotatable bonds is 7. The van der Waals surface area contributed by atoms with Gasteiger partial charge in [0.15, 0.2) is 17.2 Å². The number of carbonyl (C=O) groups is 2. The molecule has 1 fully saturated rings. The average Bonchev–Trinajstić information content (AvgIpc) is 3.18. The number of aliphatic hydroxyl groups excluding tert-OH is 1. The van der Waals surface area contributed by atoms with Crippen LogP contribution in [0.4, 0.5) is 5.82 Å². The van der Waals surface area contributed by atoms with Gasteiger partial charge in [0, 0.05) is 6.42 Å². The molecule has 0 aliphatic carbocycles. The highest BCUT2D eigenvalue weighted by atomic mass is 35.5. The standard InChI is InChI=1S/C16H20ClN5O6/c1-3-26-15(25)12(7(2)23)27-5-9-8(24)4-10(28-9)22-6-19-11-13(18)20-16(17)21-14(11)22/h6,8-10,12,24H,3-5H2,1-2H3,(H2,18,20,21)/t8-,9+,10+,12?/m0/s1. The molecule has 0 amide bonds. The molecule has 1 saturated heterocycles. The quantitative estimate of drug-likeness (QED) is 0.367. The molecule has 11 nitrogen and oxygen atoms in total. The monoisotopic (exact) mass is 413 g/mol. The number of carbonyl (C=O) groups excluding carboxylic acids is 2. The van der Waals surface area contributed by atoms with E-state index < -0.39 is 36.3 Å². The summed E-state index contributed by atoms with van der Waals surface area (Å²) in [4.78, 5) is 35.5. The van der Waals surface area contributed by atoms with Crippen molar-refractivity contribution in [3.63, 3.8) is 0 Å². The largest absolute Gasteiger partial charge is 0.464 e. The molecule has 1 aliphatic rings. The van der Waals surface area contributed by atoms with Crippen LogP contribution < -0.4 is 5.73 Å². The minimum Gasteiger partial charge on any atom is -0.464 e. The molecule has 0 bridgehead atoms. The molecule has 12 heteroatoms. The Labute approximate surface area is 164 Å². The van der Waals surface area contributed by atoms with Crippen molar-refractivity contribution in [3.8, 4) is 0 Å². The van der Waals surface area contributed by atoms with Gasteiger partial charge in [-0.15, -0.1) is 0 Å². The first-order valence-electron chi connectivity index (χ1n) is 8.59. The summed E-state index contributed by atoms with van der Waals surface area (Å²) in [5, 5.41) is 10.3. The third kappa shape index (κ3) is 4.07. The maximum absolute atomic E-state index is 11.8. The lowest BCUT2D eigenvalue weighted by Crippen LogP contribution is -2.37. The van der Waals surface area contributed by atoms with Gasteiger partial charge in [-0.3, -0.25) is 9.36 Å². The Morgan fingerprint density at radius 2 is 2.25 bits per heavy atom. The highest BCUT2D eigenvalue weighted by Gasteiger charge is 2.38. The van der Waals surface area contributed by atoms with Gasteiger partial charge in [-0.1, -0.05) is 0 Å². The van der Waals surface area contributed by atoms with Gasteiger partial charge in [-0.25, -0.2) is 9.78 Å². The number of anilines is 1. The predicted molar refractivity (Wildman–Crippen MR) is 96.3 cm³/mol. The van der Waals surface area contributed by atoms with Gasteiger partial charge in [-0.05, 0) is 25.4 Å². The number of nitrogens with two attached hydrogens (primary N) is 1. The van der Waals surface area contributed by atoms with E-state index in [1.54, 1.807) is 11.5 Å². The summed E-state index contributed by atoms with van der Waals surface area (Å²) < 4.78 is 17.6. The van der Waals surface area contributed by atoms with E-state index in [1.165, 1.54) is 13.3 Å². The first-order valence-corrected chi connectivity index (χ1v) is 8.97. The van der Waals surface area contributed by atoms with Crippen molar-refractivity contribution < 1.29 is 28.9 Å². The Morgan fingerprint density at radius 3 is 2.93 bits per heavy atom. The molecule has 2 aromatic rings. The lowest BCUT2D eigenvalue weighted by atomic mass is 10.2. The fourth-order valence-electron chi connectivity index (χ4n) is 2.92. The average molecular weight is 414 g/mol. The summed E-state index contributed by atoms with van der Waals surface area (Å²) in [6, 6.07) is 0. The Hall–Kier alpha value is -2.34. The Bertz CT molecular complexity index is 890. The van der Waals surface area contributed by atoms with Crippen molar-refractivity contribution in [1.82, 2.24) is 19.5 Å². The van der Waals surface area contributed by atoms with Crippen LogP contribution in [-0.4, -0.2) is 67.9 Å². The zero-order valence-electron chi connectivity index (χ0n) is 15.2. The van der Waals surface area contributed by atoms with Crippen molar-refractivity contribution in [2.75, 3.05) is 18.9 Å². The first-order chi connectivity index (χ1) is 13.3. The lowest BCUT2D eigenvalue weighted by molar-refractivity contribution is -0.164. The Kier molecular flexibility index (Phi) is 6.08. The van der Waals surface area contributed by atoms with Crippen LogP contribution in [-0.2, 0) is 23.8 Å². The number of fused-ring (bicyclic) bond motifs is 1. The molecule has 1 unspecified atom stereocenters. The number of hydrogen-bond donors (Lipinski definition) is 2. The fourth-order valence-corrected chi connectivity index (χ4v) is 3.09. The second-order valence-corrected chi connectivity index (χ2v) is 6.55. The number of nitrogen functional groups attached to an aromatic ring is 1. The van der Waals surface area contributed by atoms with Crippen molar-refractivity contribution in [3.05, 3.63) is 11.6 Å². The zero-order valence-corrected chi connectivity index (χ0v) is 16.0. The fraction of sp³-hybridized carbons (Fsp3) is 0.562. The topological polar surface area (TPSA) is 152 Å². The van der Waals surface area contributed by atoms with E-state index in [-0.39, 0.29) is 30.7 Å². The van der Waals surface area contributed by atoms with Gasteiger partial charge in [0.25, 0.3) is 0 Å². The minimum absolute atomic E-state index is 0.0380. The summed E-state index contributed by atoms with van der Waals surface area (Å²) in [6.07, 6.45) is -1.97. The van der Waals surface area contributed by atoms with Crippen LogP contribution >= 0.6 is 11.6 Å². The van der Waals surface area contributed by atoms with Crippen LogP contribution in [0.3, 0.4) is 0 Å². The third-order valence-electron chi connectivity index (χ3n) is 4.23. The van der Waals surface area contributed by atoms with E-state index in [0.29, 0.717) is 11.2 Å². The number of nitrogens with zero attached hydrogens (tertiary/aromatic N) is 4. The number of hydrogen-bond acceptors (Lipinski definition) is 10. The number of imidazole rings is 1. The molecule has 152 valence electrons. The summed E-state index contributed by atoms with van der Waals surface area (Å²) in [5.74, 6) is -1.14. The van der Waals surface area contributed by atoms with Crippen LogP contribution in [0.5, 0.6) is 0 Å². The number of aliphatic hydroxyl groups is 1. The lowest BCUT2D eigenvalue weighted by Gasteiger charge is -2.19. The molecule has 3 N–H and O–H groups in total. The van der Waals surface area contributed by atoms with Gasteiger partial charge >= 0.3 is 5.97 Å². The smallest absolute Gasteiger partial charge is 0.343 e. The molecule has 0 saturated carbocycles. The summed E-state index contributed by atoms with van der Waals surface area (Å²) >= 11 is 5.86. The van der Waals surface area contributed by atoms with E-state index in [1.807, 2.05) is 0 Å². The number of aromatic nitrogens is 4. The first kappa shape index (κ1) is 20.4. The zero-order chi connectivity index (χ0) is 20.4. The molecule has 4 atom stereocenters. The summed E-state index contributed by atoms with van der Waals surface area (Å²) in [6.45, 7) is 2.80. The normalized spacial score (nSPS) is 23.1. The maximum Gasteiger partial charge on any atom is 0.343 e. The van der Waals surface area contributed by atoms with Crippen LogP contribution in [0.15, 0.2) is 6.33 Å². The molecule has 0 aromatic carbocycles. The molecule has 28 heavy (non-hydrogen) atoms. The van der Waals surface area contributed by atoms with E-state index in [4.69, 9.17) is 31.5 Å². The second kappa shape index (κ2) is 8.35. The number of Topliss-reactive ketones (excluding diaryl/α,β-unsaturated/α-hetero) is 1. The van der Waals surface area contributed by atoms with Crippen molar-refractivity contribution >= 4 is 40.3 Å². The summed E-state index contributed by atoms with van der Waals surface area (Å²) in [7, 11) is 0. The number of ketones is 1. The van der Waals surface area contributed by atoms with Gasteiger partial charge in [-0.2, -0.15) is 9.97 Å². The van der Waals surface area contributed by atoms with Crippen molar-refractivity contribution in [1.29, 1.82) is 0 Å². The number of halogens is 1. The van der Waals surface area contributed by atoms with Crippen LogP contribution in [0.25, 0.3) is 11.2 Å². The van der Waals surface area contributed by atoms with E-state index >= 15 is 0 Å². The molecule has 0 spiro atoms. The molecular formula is C16H20ClN5O6. The minimum atomic E-state index is -1.37. The van der Waals surface area contributed by atoms with Crippen LogP contribution in [0, 0.1) is 0 Å². The Morgan fingerprint density at radius 1 is 1.50 bits per heavy atom. The highest BCUT2D eigenvalue weighted by Crippen LogP contribution is 2.32. The van der Waals surface area contributed by atoms with E-state index in [2.05, 4.69) is 15.0 Å². The molecular weight excluding hydrogens is 394 g/mol. The predicted octanol–water partition coefficient (Wildman–Crippen LogP) is 0.248. The maximum atomic E-state index is 11.8. The molecule has 1 aliphatic heterocycles. The third-order valence-corrected chi connectivity index (χ3v) is 4.40. The van der Waals surface area contributed by atoms with Crippen LogP contribution in [0.2, 0.25) is 5.28 Å². The molecule has 3 rings (SSSR count). The SMILES string of the molecule is CCOC(=O)C(OC[C@H]1O[C@@H](n2cnc3c(N)nc(Cl)nc32)C[C@@H]1O)C(C)=O. The molecule has 0 radical (unpaired) electrons. The van der Waals surface area contributed by atoms with Crippen LogP contribution in [0.1, 0.15) is 26.5 Å². The number of ether oxygens (including phenoxy) is 3. The summed E-state index contributed by atoms with van der Waals surface area (Å²) in [5.41, 5.74) is 6.52.